The van der Waals surface area contributed by atoms with Crippen LogP contribution in [-0.4, -0.2) is 29.3 Å². The maximum absolute atomic E-state index is 13.3. The van der Waals surface area contributed by atoms with Gasteiger partial charge in [-0.05, 0) is 30.9 Å². The number of hydrogen-bond donors (Lipinski definition) is 2. The summed E-state index contributed by atoms with van der Waals surface area (Å²) in [6.07, 6.45) is 2.71. The number of nitrogens with one attached hydrogen (secondary N) is 1. The van der Waals surface area contributed by atoms with Gasteiger partial charge < -0.3 is 10.4 Å². The fraction of sp³-hybridized carbons (Fsp3) is 0.385. The van der Waals surface area contributed by atoms with Crippen LogP contribution < -0.4 is 5.32 Å². The standard InChI is InChI=1S/C13H16FNO3S/c1-3-4-10(13(17)18)15-12(16)8-5-6-9(14)11(7-8)19-2/h5-7,10H,3-4H2,1-2H3,(H,15,16)(H,17,18). The summed E-state index contributed by atoms with van der Waals surface area (Å²) in [5, 5.41) is 11.4. The highest BCUT2D eigenvalue weighted by Crippen LogP contribution is 2.20. The zero-order chi connectivity index (χ0) is 14.4. The average Bonchev–Trinajstić information content (AvgIpc) is 2.38. The van der Waals surface area contributed by atoms with E-state index in [2.05, 4.69) is 5.32 Å². The topological polar surface area (TPSA) is 66.4 Å². The van der Waals surface area contributed by atoms with Gasteiger partial charge in [0.2, 0.25) is 0 Å². The highest BCUT2D eigenvalue weighted by molar-refractivity contribution is 7.98. The number of thioether (sulfide) groups is 1. The van der Waals surface area contributed by atoms with Gasteiger partial charge in [-0.3, -0.25) is 4.79 Å². The molecular formula is C13H16FNO3S. The van der Waals surface area contributed by atoms with Crippen LogP contribution in [0.15, 0.2) is 23.1 Å². The Labute approximate surface area is 115 Å². The maximum Gasteiger partial charge on any atom is 0.326 e. The Bertz CT molecular complexity index is 479. The number of rotatable bonds is 6. The first kappa shape index (κ1) is 15.5. The normalized spacial score (nSPS) is 11.9. The smallest absolute Gasteiger partial charge is 0.326 e. The summed E-state index contributed by atoms with van der Waals surface area (Å²) in [6, 6.07) is 3.05. The second kappa shape index (κ2) is 7.13. The molecule has 4 nitrogen and oxygen atoms in total. The highest BCUT2D eigenvalue weighted by Gasteiger charge is 2.20. The molecule has 1 rings (SSSR count). The lowest BCUT2D eigenvalue weighted by atomic mass is 10.1. The third kappa shape index (κ3) is 4.24. The van der Waals surface area contributed by atoms with Crippen molar-refractivity contribution < 1.29 is 19.1 Å². The minimum Gasteiger partial charge on any atom is -0.480 e. The minimum atomic E-state index is -1.07. The van der Waals surface area contributed by atoms with E-state index in [-0.39, 0.29) is 5.56 Å². The van der Waals surface area contributed by atoms with E-state index in [9.17, 15) is 14.0 Å². The SMILES string of the molecule is CCCC(NC(=O)c1ccc(F)c(SC)c1)C(=O)O. The second-order valence-corrected chi connectivity index (χ2v) is 4.85. The Morgan fingerprint density at radius 1 is 1.47 bits per heavy atom. The van der Waals surface area contributed by atoms with Crippen molar-refractivity contribution in [2.24, 2.45) is 0 Å². The number of carboxylic acid groups (broad SMARTS) is 1. The Balaban J connectivity index is 2.85. The molecule has 2 N–H and O–H groups in total. The van der Waals surface area contributed by atoms with Gasteiger partial charge in [0.05, 0.1) is 0 Å². The molecule has 0 spiro atoms. The molecule has 0 radical (unpaired) electrons. The van der Waals surface area contributed by atoms with E-state index in [0.717, 1.165) is 0 Å². The van der Waals surface area contributed by atoms with Gasteiger partial charge in [-0.2, -0.15) is 0 Å². The van der Waals surface area contributed by atoms with E-state index < -0.39 is 23.7 Å². The van der Waals surface area contributed by atoms with Gasteiger partial charge in [-0.1, -0.05) is 13.3 Å². The lowest BCUT2D eigenvalue weighted by Crippen LogP contribution is -2.40. The summed E-state index contributed by atoms with van der Waals surface area (Å²) >= 11 is 1.19. The molecule has 0 saturated heterocycles. The summed E-state index contributed by atoms with van der Waals surface area (Å²) in [7, 11) is 0. The molecule has 0 aliphatic heterocycles. The van der Waals surface area contributed by atoms with Crippen LogP contribution in [0.4, 0.5) is 4.39 Å². The predicted octanol–water partition coefficient (Wildman–Crippen LogP) is 2.53. The van der Waals surface area contributed by atoms with Crippen molar-refractivity contribution in [2.45, 2.75) is 30.7 Å². The van der Waals surface area contributed by atoms with Gasteiger partial charge >= 0.3 is 5.97 Å². The van der Waals surface area contributed by atoms with Crippen LogP contribution in [0.1, 0.15) is 30.1 Å². The Morgan fingerprint density at radius 3 is 2.68 bits per heavy atom. The van der Waals surface area contributed by atoms with E-state index in [0.29, 0.717) is 17.7 Å². The zero-order valence-electron chi connectivity index (χ0n) is 10.8. The molecule has 0 aliphatic rings. The summed E-state index contributed by atoms with van der Waals surface area (Å²) < 4.78 is 13.3. The molecule has 0 saturated carbocycles. The molecule has 1 amide bonds. The molecule has 0 aromatic heterocycles. The van der Waals surface area contributed by atoms with Crippen LogP contribution in [0.3, 0.4) is 0 Å². The lowest BCUT2D eigenvalue weighted by molar-refractivity contribution is -0.139. The van der Waals surface area contributed by atoms with Crippen molar-refractivity contribution in [1.82, 2.24) is 5.32 Å². The van der Waals surface area contributed by atoms with Gasteiger partial charge in [-0.15, -0.1) is 11.8 Å². The Hall–Kier alpha value is -1.56. The van der Waals surface area contributed by atoms with Crippen molar-refractivity contribution in [2.75, 3.05) is 6.26 Å². The van der Waals surface area contributed by atoms with Crippen LogP contribution in [0, 0.1) is 5.82 Å². The lowest BCUT2D eigenvalue weighted by Gasteiger charge is -2.13. The fourth-order valence-corrected chi connectivity index (χ4v) is 2.10. The quantitative estimate of drug-likeness (QED) is 0.788. The first-order valence-corrected chi connectivity index (χ1v) is 7.09. The minimum absolute atomic E-state index is 0.258. The molecule has 19 heavy (non-hydrogen) atoms. The Morgan fingerprint density at radius 2 is 2.16 bits per heavy atom. The number of carbonyl (C=O) groups is 2. The molecule has 1 unspecified atom stereocenters. The summed E-state index contributed by atoms with van der Waals surface area (Å²) in [6.45, 7) is 1.84. The molecule has 0 fully saturated rings. The van der Waals surface area contributed by atoms with E-state index in [1.165, 1.54) is 30.0 Å². The number of benzene rings is 1. The van der Waals surface area contributed by atoms with Crippen molar-refractivity contribution in [3.8, 4) is 0 Å². The number of carbonyl (C=O) groups excluding carboxylic acids is 1. The largest absolute Gasteiger partial charge is 0.480 e. The van der Waals surface area contributed by atoms with Crippen LogP contribution in [0.5, 0.6) is 0 Å². The molecule has 1 atom stereocenters. The van der Waals surface area contributed by atoms with Crippen LogP contribution in [0.2, 0.25) is 0 Å². The van der Waals surface area contributed by atoms with Crippen molar-refractivity contribution in [3.63, 3.8) is 0 Å². The van der Waals surface area contributed by atoms with Gasteiger partial charge in [0.1, 0.15) is 11.9 Å². The van der Waals surface area contributed by atoms with Gasteiger partial charge in [0, 0.05) is 10.5 Å². The first-order chi connectivity index (χ1) is 8.99. The monoisotopic (exact) mass is 285 g/mol. The third-order valence-electron chi connectivity index (χ3n) is 2.59. The molecule has 6 heteroatoms. The van der Waals surface area contributed by atoms with E-state index >= 15 is 0 Å². The molecule has 1 aromatic rings. The van der Waals surface area contributed by atoms with Gasteiger partial charge in [0.15, 0.2) is 0 Å². The highest BCUT2D eigenvalue weighted by atomic mass is 32.2. The number of halogens is 1. The molecule has 0 heterocycles. The van der Waals surface area contributed by atoms with Crippen LogP contribution in [-0.2, 0) is 4.79 Å². The van der Waals surface area contributed by atoms with E-state index in [1.807, 2.05) is 6.92 Å². The molecular weight excluding hydrogens is 269 g/mol. The van der Waals surface area contributed by atoms with Crippen LogP contribution >= 0.6 is 11.8 Å². The molecule has 104 valence electrons. The average molecular weight is 285 g/mol. The number of hydrogen-bond acceptors (Lipinski definition) is 3. The van der Waals surface area contributed by atoms with Crippen molar-refractivity contribution in [3.05, 3.63) is 29.6 Å². The molecule has 1 aromatic carbocycles. The summed E-state index contributed by atoms with van der Waals surface area (Å²) in [5.41, 5.74) is 0.258. The summed E-state index contributed by atoms with van der Waals surface area (Å²) in [5.74, 6) is -1.97. The van der Waals surface area contributed by atoms with Gasteiger partial charge in [0.25, 0.3) is 5.91 Å². The number of carboxylic acids is 1. The zero-order valence-corrected chi connectivity index (χ0v) is 11.6. The second-order valence-electron chi connectivity index (χ2n) is 4.00. The predicted molar refractivity (Wildman–Crippen MR) is 72.0 cm³/mol. The van der Waals surface area contributed by atoms with Crippen molar-refractivity contribution in [1.29, 1.82) is 0 Å². The number of amides is 1. The van der Waals surface area contributed by atoms with Crippen LogP contribution in [0.25, 0.3) is 0 Å². The van der Waals surface area contributed by atoms with Gasteiger partial charge in [-0.25, -0.2) is 9.18 Å². The Kier molecular flexibility index (Phi) is 5.82. The van der Waals surface area contributed by atoms with E-state index in [1.54, 1.807) is 6.26 Å². The third-order valence-corrected chi connectivity index (χ3v) is 3.35. The fourth-order valence-electron chi connectivity index (χ4n) is 1.59. The molecule has 0 aliphatic carbocycles. The molecule has 0 bridgehead atoms. The van der Waals surface area contributed by atoms with Crippen molar-refractivity contribution >= 4 is 23.6 Å². The summed E-state index contributed by atoms with van der Waals surface area (Å²) in [4.78, 5) is 23.2. The maximum atomic E-state index is 13.3. The number of aliphatic carboxylic acids is 1. The first-order valence-electron chi connectivity index (χ1n) is 5.86. The van der Waals surface area contributed by atoms with E-state index in [4.69, 9.17) is 5.11 Å².